The Labute approximate surface area is 91.9 Å². The second-order valence-electron chi connectivity index (χ2n) is 3.19. The fourth-order valence-electron chi connectivity index (χ4n) is 0.884. The monoisotopic (exact) mass is 208 g/mol. The highest BCUT2D eigenvalue weighted by Gasteiger charge is 2.05. The molecule has 0 atom stereocenters. The molecule has 0 saturated carbocycles. The summed E-state index contributed by atoms with van der Waals surface area (Å²) < 4.78 is 0. The van der Waals surface area contributed by atoms with Gasteiger partial charge in [0.25, 0.3) is 0 Å². The molecule has 0 aromatic carbocycles. The van der Waals surface area contributed by atoms with E-state index in [1.54, 1.807) is 6.20 Å². The SMILES string of the molecule is CC.CC(C)C(=O)NCc1ccccn1. The third-order valence-electron chi connectivity index (χ3n) is 1.69. The van der Waals surface area contributed by atoms with Crippen LogP contribution in [0.5, 0.6) is 0 Å². The summed E-state index contributed by atoms with van der Waals surface area (Å²) in [7, 11) is 0. The van der Waals surface area contributed by atoms with Gasteiger partial charge in [-0.3, -0.25) is 9.78 Å². The number of aromatic nitrogens is 1. The first-order valence-corrected chi connectivity index (χ1v) is 5.38. The van der Waals surface area contributed by atoms with E-state index in [0.29, 0.717) is 6.54 Å². The molecule has 1 N–H and O–H groups in total. The van der Waals surface area contributed by atoms with Gasteiger partial charge in [-0.1, -0.05) is 33.8 Å². The fourth-order valence-corrected chi connectivity index (χ4v) is 0.884. The first-order chi connectivity index (χ1) is 7.20. The van der Waals surface area contributed by atoms with Crippen molar-refractivity contribution >= 4 is 5.91 Å². The molecule has 0 spiro atoms. The number of hydrogen-bond acceptors (Lipinski definition) is 2. The van der Waals surface area contributed by atoms with E-state index < -0.39 is 0 Å². The van der Waals surface area contributed by atoms with Gasteiger partial charge in [0.05, 0.1) is 12.2 Å². The summed E-state index contributed by atoms with van der Waals surface area (Å²) in [6, 6.07) is 5.65. The lowest BCUT2D eigenvalue weighted by molar-refractivity contribution is -0.124. The second kappa shape index (κ2) is 7.97. The standard InChI is InChI=1S/C10H14N2O.C2H6/c1-8(2)10(13)12-7-9-5-3-4-6-11-9;1-2/h3-6,8H,7H2,1-2H3,(H,12,13);1-2H3. The van der Waals surface area contributed by atoms with Gasteiger partial charge >= 0.3 is 0 Å². The summed E-state index contributed by atoms with van der Waals surface area (Å²) in [5.74, 6) is 0.0920. The van der Waals surface area contributed by atoms with Gasteiger partial charge < -0.3 is 5.32 Å². The number of hydrogen-bond donors (Lipinski definition) is 1. The molecular formula is C12H20N2O. The molecule has 0 radical (unpaired) electrons. The van der Waals surface area contributed by atoms with Crippen LogP contribution in [0.3, 0.4) is 0 Å². The highest BCUT2D eigenvalue weighted by molar-refractivity contribution is 5.77. The molecule has 3 nitrogen and oxygen atoms in total. The summed E-state index contributed by atoms with van der Waals surface area (Å²) in [4.78, 5) is 15.3. The molecule has 1 amide bonds. The molecule has 1 aromatic heterocycles. The number of rotatable bonds is 3. The van der Waals surface area contributed by atoms with Crippen LogP contribution in [-0.4, -0.2) is 10.9 Å². The Hall–Kier alpha value is -1.38. The van der Waals surface area contributed by atoms with Gasteiger partial charge in [0.15, 0.2) is 0 Å². The van der Waals surface area contributed by atoms with Crippen LogP contribution in [0.15, 0.2) is 24.4 Å². The van der Waals surface area contributed by atoms with Crippen molar-refractivity contribution in [3.8, 4) is 0 Å². The van der Waals surface area contributed by atoms with Crippen molar-refractivity contribution in [2.75, 3.05) is 0 Å². The van der Waals surface area contributed by atoms with Crippen LogP contribution < -0.4 is 5.32 Å². The molecule has 0 aliphatic rings. The number of amides is 1. The van der Waals surface area contributed by atoms with Crippen molar-refractivity contribution in [2.45, 2.75) is 34.2 Å². The highest BCUT2D eigenvalue weighted by Crippen LogP contribution is 1.95. The normalized spacial score (nSPS) is 9.13. The Balaban J connectivity index is 0.000000921. The van der Waals surface area contributed by atoms with Gasteiger partial charge in [-0.25, -0.2) is 0 Å². The first kappa shape index (κ1) is 13.6. The van der Waals surface area contributed by atoms with Gasteiger partial charge in [0, 0.05) is 12.1 Å². The summed E-state index contributed by atoms with van der Waals surface area (Å²) >= 11 is 0. The number of carbonyl (C=O) groups is 1. The van der Waals surface area contributed by atoms with Crippen molar-refractivity contribution in [1.82, 2.24) is 10.3 Å². The summed E-state index contributed by atoms with van der Waals surface area (Å²) in [6.45, 7) is 8.25. The maximum Gasteiger partial charge on any atom is 0.222 e. The van der Waals surface area contributed by atoms with Crippen LogP contribution in [0.25, 0.3) is 0 Å². The molecule has 0 aliphatic heterocycles. The van der Waals surface area contributed by atoms with Gasteiger partial charge in [-0.15, -0.1) is 0 Å². The maximum absolute atomic E-state index is 11.2. The summed E-state index contributed by atoms with van der Waals surface area (Å²) in [5, 5.41) is 2.80. The van der Waals surface area contributed by atoms with E-state index in [2.05, 4.69) is 10.3 Å². The zero-order valence-electron chi connectivity index (χ0n) is 9.95. The number of pyridine rings is 1. The van der Waals surface area contributed by atoms with Crippen LogP contribution in [-0.2, 0) is 11.3 Å². The molecule has 15 heavy (non-hydrogen) atoms. The lowest BCUT2D eigenvalue weighted by Crippen LogP contribution is -2.27. The van der Waals surface area contributed by atoms with E-state index in [-0.39, 0.29) is 11.8 Å². The predicted octanol–water partition coefficient (Wildman–Crippen LogP) is 2.38. The van der Waals surface area contributed by atoms with Crippen molar-refractivity contribution in [3.05, 3.63) is 30.1 Å². The molecule has 1 heterocycles. The molecule has 0 unspecified atom stereocenters. The van der Waals surface area contributed by atoms with E-state index >= 15 is 0 Å². The van der Waals surface area contributed by atoms with E-state index in [4.69, 9.17) is 0 Å². The Bertz CT molecular complexity index is 270. The van der Waals surface area contributed by atoms with Crippen molar-refractivity contribution in [1.29, 1.82) is 0 Å². The predicted molar refractivity (Wildman–Crippen MR) is 62.3 cm³/mol. The Morgan fingerprint density at radius 3 is 2.53 bits per heavy atom. The molecule has 0 aliphatic carbocycles. The van der Waals surface area contributed by atoms with E-state index in [0.717, 1.165) is 5.69 Å². The molecular weight excluding hydrogens is 188 g/mol. The highest BCUT2D eigenvalue weighted by atomic mass is 16.1. The third kappa shape index (κ3) is 5.83. The molecule has 84 valence electrons. The average molecular weight is 208 g/mol. The van der Waals surface area contributed by atoms with Crippen LogP contribution in [0.1, 0.15) is 33.4 Å². The van der Waals surface area contributed by atoms with Crippen LogP contribution in [0, 0.1) is 5.92 Å². The lowest BCUT2D eigenvalue weighted by Gasteiger charge is -2.06. The molecule has 3 heteroatoms. The van der Waals surface area contributed by atoms with Crippen LogP contribution in [0.4, 0.5) is 0 Å². The Morgan fingerprint density at radius 2 is 2.07 bits per heavy atom. The second-order valence-corrected chi connectivity index (χ2v) is 3.19. The van der Waals surface area contributed by atoms with Gasteiger partial charge in [-0.05, 0) is 12.1 Å². The topological polar surface area (TPSA) is 42.0 Å². The molecule has 0 bridgehead atoms. The van der Waals surface area contributed by atoms with Crippen molar-refractivity contribution < 1.29 is 4.79 Å². The Morgan fingerprint density at radius 1 is 1.40 bits per heavy atom. The van der Waals surface area contributed by atoms with Gasteiger partial charge in [0.1, 0.15) is 0 Å². The average Bonchev–Trinajstić information content (AvgIpc) is 2.30. The molecule has 0 fully saturated rings. The lowest BCUT2D eigenvalue weighted by atomic mass is 10.2. The van der Waals surface area contributed by atoms with Crippen molar-refractivity contribution in [2.24, 2.45) is 5.92 Å². The number of nitrogens with zero attached hydrogens (tertiary/aromatic N) is 1. The van der Waals surface area contributed by atoms with Gasteiger partial charge in [0.2, 0.25) is 5.91 Å². The largest absolute Gasteiger partial charge is 0.350 e. The molecule has 0 saturated heterocycles. The van der Waals surface area contributed by atoms with E-state index in [1.807, 2.05) is 45.9 Å². The number of nitrogens with one attached hydrogen (secondary N) is 1. The summed E-state index contributed by atoms with van der Waals surface area (Å²) in [6.07, 6.45) is 1.72. The number of carbonyl (C=O) groups excluding carboxylic acids is 1. The summed E-state index contributed by atoms with van der Waals surface area (Å²) in [5.41, 5.74) is 0.886. The fraction of sp³-hybridized carbons (Fsp3) is 0.500. The van der Waals surface area contributed by atoms with Gasteiger partial charge in [-0.2, -0.15) is 0 Å². The quantitative estimate of drug-likeness (QED) is 0.828. The first-order valence-electron chi connectivity index (χ1n) is 5.38. The maximum atomic E-state index is 11.2. The zero-order chi connectivity index (χ0) is 11.7. The Kier molecular flexibility index (Phi) is 7.24. The molecule has 1 rings (SSSR count). The minimum atomic E-state index is 0.0312. The van der Waals surface area contributed by atoms with E-state index in [9.17, 15) is 4.79 Å². The zero-order valence-corrected chi connectivity index (χ0v) is 9.95. The minimum absolute atomic E-state index is 0.0312. The van der Waals surface area contributed by atoms with Crippen LogP contribution in [0.2, 0.25) is 0 Å². The van der Waals surface area contributed by atoms with Crippen LogP contribution >= 0.6 is 0 Å². The van der Waals surface area contributed by atoms with Crippen molar-refractivity contribution in [3.63, 3.8) is 0 Å². The molecule has 1 aromatic rings. The smallest absolute Gasteiger partial charge is 0.222 e. The van der Waals surface area contributed by atoms with E-state index in [1.165, 1.54) is 0 Å². The minimum Gasteiger partial charge on any atom is -0.350 e. The third-order valence-corrected chi connectivity index (χ3v) is 1.69.